The molecular formula is C8H19NSi. The molecular weight excluding hydrogens is 138 g/mol. The fourth-order valence-electron chi connectivity index (χ4n) is 1.24. The van der Waals surface area contributed by atoms with Gasteiger partial charge >= 0.3 is 0 Å². The largest absolute Gasteiger partial charge is 0.327 e. The van der Waals surface area contributed by atoms with E-state index in [0.717, 1.165) is 0 Å². The summed E-state index contributed by atoms with van der Waals surface area (Å²) < 4.78 is 2.57. The number of hydrogen-bond acceptors (Lipinski definition) is 1. The highest BCUT2D eigenvalue weighted by Crippen LogP contribution is 1.99. The van der Waals surface area contributed by atoms with Crippen molar-refractivity contribution in [1.82, 2.24) is 4.57 Å². The van der Waals surface area contributed by atoms with Crippen molar-refractivity contribution in [1.29, 1.82) is 0 Å². The van der Waals surface area contributed by atoms with Gasteiger partial charge in [0.1, 0.15) is 8.96 Å². The zero-order valence-electron chi connectivity index (χ0n) is 7.43. The van der Waals surface area contributed by atoms with Crippen molar-refractivity contribution >= 4 is 8.96 Å². The van der Waals surface area contributed by atoms with Crippen molar-refractivity contribution in [3.8, 4) is 0 Å². The molecule has 2 heteroatoms. The van der Waals surface area contributed by atoms with E-state index in [1.54, 1.807) is 0 Å². The topological polar surface area (TPSA) is 3.24 Å². The molecule has 0 amide bonds. The third-order valence-electron chi connectivity index (χ3n) is 1.94. The minimum Gasteiger partial charge on any atom is -0.327 e. The molecule has 1 atom stereocenters. The van der Waals surface area contributed by atoms with Crippen LogP contribution in [0.2, 0.25) is 12.6 Å². The standard InChI is InChI=1S/C8H19NSi/c1-5-8-10(4)9(6-2)7-3/h5,10H,1,6-8H2,2-4H3. The summed E-state index contributed by atoms with van der Waals surface area (Å²) in [7, 11) is -0.602. The first-order valence-electron chi connectivity index (χ1n) is 4.11. The van der Waals surface area contributed by atoms with Crippen LogP contribution >= 0.6 is 0 Å². The summed E-state index contributed by atoms with van der Waals surface area (Å²) in [5, 5.41) is 0. The molecule has 1 nitrogen and oxygen atoms in total. The maximum Gasteiger partial charge on any atom is 0.112 e. The monoisotopic (exact) mass is 157 g/mol. The smallest absolute Gasteiger partial charge is 0.112 e. The SMILES string of the molecule is C=CC[SiH](C)N(CC)CC. The van der Waals surface area contributed by atoms with Gasteiger partial charge < -0.3 is 4.57 Å². The average molecular weight is 157 g/mol. The van der Waals surface area contributed by atoms with Crippen molar-refractivity contribution in [2.45, 2.75) is 26.4 Å². The fraction of sp³-hybridized carbons (Fsp3) is 0.750. The lowest BCUT2D eigenvalue weighted by atomic mass is 10.7. The Labute approximate surface area is 66.4 Å². The summed E-state index contributed by atoms with van der Waals surface area (Å²) in [6.07, 6.45) is 2.05. The van der Waals surface area contributed by atoms with E-state index in [9.17, 15) is 0 Å². The molecule has 0 N–H and O–H groups in total. The molecule has 0 rings (SSSR count). The molecule has 0 bridgehead atoms. The minimum atomic E-state index is -0.602. The van der Waals surface area contributed by atoms with Crippen LogP contribution in [-0.4, -0.2) is 26.6 Å². The molecule has 0 aromatic carbocycles. The van der Waals surface area contributed by atoms with Gasteiger partial charge in [0.05, 0.1) is 0 Å². The van der Waals surface area contributed by atoms with Gasteiger partial charge in [-0.05, 0) is 19.1 Å². The molecule has 60 valence electrons. The normalized spacial score (nSPS) is 13.6. The number of allylic oxidation sites excluding steroid dienone is 1. The predicted octanol–water partition coefficient (Wildman–Crippen LogP) is 1.87. The van der Waals surface area contributed by atoms with Crippen LogP contribution in [0.3, 0.4) is 0 Å². The Morgan fingerprint density at radius 3 is 2.20 bits per heavy atom. The Balaban J connectivity index is 3.63. The quantitative estimate of drug-likeness (QED) is 0.435. The Hall–Kier alpha value is -0.0831. The van der Waals surface area contributed by atoms with E-state index in [1.165, 1.54) is 19.1 Å². The van der Waals surface area contributed by atoms with Gasteiger partial charge in [-0.2, -0.15) is 0 Å². The summed E-state index contributed by atoms with van der Waals surface area (Å²) in [4.78, 5) is 0. The molecule has 0 radical (unpaired) electrons. The Bertz CT molecular complexity index is 89.3. The van der Waals surface area contributed by atoms with E-state index in [4.69, 9.17) is 0 Å². The molecule has 0 saturated carbocycles. The Morgan fingerprint density at radius 2 is 1.90 bits per heavy atom. The first-order valence-corrected chi connectivity index (χ1v) is 6.59. The van der Waals surface area contributed by atoms with Crippen molar-refractivity contribution in [3.63, 3.8) is 0 Å². The number of rotatable bonds is 5. The lowest BCUT2D eigenvalue weighted by molar-refractivity contribution is 0.482. The Kier molecular flexibility index (Phi) is 5.64. The molecule has 0 aliphatic rings. The first-order chi connectivity index (χ1) is 4.76. The van der Waals surface area contributed by atoms with Crippen molar-refractivity contribution in [2.75, 3.05) is 13.1 Å². The van der Waals surface area contributed by atoms with Crippen LogP contribution in [0.1, 0.15) is 13.8 Å². The van der Waals surface area contributed by atoms with Gasteiger partial charge in [0, 0.05) is 0 Å². The van der Waals surface area contributed by atoms with Gasteiger partial charge in [-0.3, -0.25) is 0 Å². The number of hydrogen-bond donors (Lipinski definition) is 0. The lowest BCUT2D eigenvalue weighted by Crippen LogP contribution is -2.35. The molecule has 1 unspecified atom stereocenters. The van der Waals surface area contributed by atoms with E-state index in [-0.39, 0.29) is 0 Å². The van der Waals surface area contributed by atoms with Crippen LogP contribution in [0, 0.1) is 0 Å². The van der Waals surface area contributed by atoms with Gasteiger partial charge in [-0.25, -0.2) is 0 Å². The fourth-order valence-corrected chi connectivity index (χ4v) is 3.26. The van der Waals surface area contributed by atoms with Crippen LogP contribution in [0.15, 0.2) is 12.7 Å². The van der Waals surface area contributed by atoms with Gasteiger partial charge in [-0.15, -0.1) is 6.58 Å². The van der Waals surface area contributed by atoms with Gasteiger partial charge in [0.25, 0.3) is 0 Å². The van der Waals surface area contributed by atoms with E-state index >= 15 is 0 Å². The van der Waals surface area contributed by atoms with E-state index in [2.05, 4.69) is 37.6 Å². The third-order valence-corrected chi connectivity index (χ3v) is 4.94. The van der Waals surface area contributed by atoms with Crippen molar-refractivity contribution in [3.05, 3.63) is 12.7 Å². The molecule has 0 aromatic heterocycles. The molecule has 0 aliphatic heterocycles. The molecule has 10 heavy (non-hydrogen) atoms. The van der Waals surface area contributed by atoms with E-state index in [1.807, 2.05) is 0 Å². The minimum absolute atomic E-state index is 0.602. The summed E-state index contributed by atoms with van der Waals surface area (Å²) in [5.41, 5.74) is 0. The summed E-state index contributed by atoms with van der Waals surface area (Å²) >= 11 is 0. The van der Waals surface area contributed by atoms with Crippen LogP contribution in [0.5, 0.6) is 0 Å². The maximum absolute atomic E-state index is 3.76. The third kappa shape index (κ3) is 3.18. The van der Waals surface area contributed by atoms with Crippen molar-refractivity contribution < 1.29 is 0 Å². The zero-order chi connectivity index (χ0) is 7.98. The second kappa shape index (κ2) is 5.68. The highest BCUT2D eigenvalue weighted by atomic mass is 28.3. The molecule has 0 fully saturated rings. The molecule has 0 saturated heterocycles. The summed E-state index contributed by atoms with van der Waals surface area (Å²) in [5.74, 6) is 0. The highest BCUT2D eigenvalue weighted by Gasteiger charge is 2.08. The van der Waals surface area contributed by atoms with Crippen LogP contribution in [0.4, 0.5) is 0 Å². The molecule has 0 spiro atoms. The molecule has 0 aromatic rings. The van der Waals surface area contributed by atoms with Crippen LogP contribution in [0.25, 0.3) is 0 Å². The molecule has 0 aliphatic carbocycles. The lowest BCUT2D eigenvalue weighted by Gasteiger charge is -2.23. The maximum atomic E-state index is 3.76. The summed E-state index contributed by atoms with van der Waals surface area (Å²) in [6, 6.07) is 1.24. The van der Waals surface area contributed by atoms with Crippen LogP contribution in [-0.2, 0) is 0 Å². The van der Waals surface area contributed by atoms with E-state index < -0.39 is 8.96 Å². The predicted molar refractivity (Wildman–Crippen MR) is 50.9 cm³/mol. The summed E-state index contributed by atoms with van der Waals surface area (Å²) in [6.45, 7) is 13.0. The van der Waals surface area contributed by atoms with Gasteiger partial charge in [0.15, 0.2) is 0 Å². The van der Waals surface area contributed by atoms with E-state index in [0.29, 0.717) is 0 Å². The van der Waals surface area contributed by atoms with Crippen molar-refractivity contribution in [2.24, 2.45) is 0 Å². The van der Waals surface area contributed by atoms with Crippen LogP contribution < -0.4 is 0 Å². The zero-order valence-corrected chi connectivity index (χ0v) is 8.59. The Morgan fingerprint density at radius 1 is 1.40 bits per heavy atom. The van der Waals surface area contributed by atoms with Gasteiger partial charge in [0.2, 0.25) is 0 Å². The first kappa shape index (κ1) is 9.92. The molecule has 0 heterocycles. The average Bonchev–Trinajstić information content (AvgIpc) is 1.91. The second-order valence-corrected chi connectivity index (χ2v) is 5.49. The number of nitrogens with zero attached hydrogens (tertiary/aromatic N) is 1. The van der Waals surface area contributed by atoms with Gasteiger partial charge in [-0.1, -0.05) is 26.5 Å². The second-order valence-electron chi connectivity index (χ2n) is 2.59. The highest BCUT2D eigenvalue weighted by molar-refractivity contribution is 6.54.